The molecule has 0 saturated carbocycles. The summed E-state index contributed by atoms with van der Waals surface area (Å²) in [5, 5.41) is 13.9. The number of hydrogen-bond donors (Lipinski definition) is 1. The molecule has 4 aromatic rings. The first-order chi connectivity index (χ1) is 18.0. The van der Waals surface area contributed by atoms with E-state index in [1.165, 1.54) is 11.1 Å². The molecule has 0 aliphatic carbocycles. The molecule has 2 unspecified atom stereocenters. The quantitative estimate of drug-likeness (QED) is 0.335. The number of hydrogen-bond acceptors (Lipinski definition) is 6. The molecule has 0 spiro atoms. The van der Waals surface area contributed by atoms with Crippen molar-refractivity contribution in [2.45, 2.75) is 78.2 Å². The van der Waals surface area contributed by atoms with E-state index in [0.29, 0.717) is 19.6 Å². The van der Waals surface area contributed by atoms with Crippen molar-refractivity contribution in [3.8, 4) is 0 Å². The van der Waals surface area contributed by atoms with Crippen molar-refractivity contribution in [1.82, 2.24) is 30.1 Å². The molecule has 8 heteroatoms. The minimum Gasteiger partial charge on any atom is -0.376 e. The van der Waals surface area contributed by atoms with Crippen LogP contribution in [0.25, 0.3) is 10.9 Å². The lowest BCUT2D eigenvalue weighted by atomic mass is 10.0. The zero-order chi connectivity index (χ0) is 25.8. The van der Waals surface area contributed by atoms with Crippen LogP contribution in [0.3, 0.4) is 0 Å². The third kappa shape index (κ3) is 5.65. The SMILES string of the molecule is CCCC(c1nnnn1CC1CCCO1)N(Cc1ccccc1)Cc1cc2ccc(C)c(C)c2[nH]c1=O. The monoisotopic (exact) mass is 500 g/mol. The van der Waals surface area contributed by atoms with Gasteiger partial charge < -0.3 is 9.72 Å². The lowest BCUT2D eigenvalue weighted by Gasteiger charge is -2.31. The van der Waals surface area contributed by atoms with Gasteiger partial charge in [0, 0.05) is 25.3 Å². The number of nitrogens with zero attached hydrogens (tertiary/aromatic N) is 5. The minimum absolute atomic E-state index is 0.0449. The lowest BCUT2D eigenvalue weighted by Crippen LogP contribution is -2.33. The van der Waals surface area contributed by atoms with Gasteiger partial charge in [-0.25, -0.2) is 4.68 Å². The maximum absolute atomic E-state index is 13.3. The van der Waals surface area contributed by atoms with E-state index >= 15 is 0 Å². The molecule has 1 fully saturated rings. The lowest BCUT2D eigenvalue weighted by molar-refractivity contribution is 0.0885. The molecule has 0 bridgehead atoms. The van der Waals surface area contributed by atoms with Gasteiger partial charge >= 0.3 is 0 Å². The summed E-state index contributed by atoms with van der Waals surface area (Å²) in [6.45, 7) is 8.92. The molecule has 1 N–H and O–H groups in total. The number of aromatic amines is 1. The van der Waals surface area contributed by atoms with Crippen LogP contribution in [0, 0.1) is 13.8 Å². The Morgan fingerprint density at radius 2 is 2.00 bits per heavy atom. The van der Waals surface area contributed by atoms with E-state index in [-0.39, 0.29) is 17.7 Å². The zero-order valence-corrected chi connectivity index (χ0v) is 22.0. The Labute approximate surface area is 217 Å². The van der Waals surface area contributed by atoms with Crippen LogP contribution in [0.2, 0.25) is 0 Å². The van der Waals surface area contributed by atoms with Crippen molar-refractivity contribution in [3.63, 3.8) is 0 Å². The van der Waals surface area contributed by atoms with Crippen molar-refractivity contribution in [2.24, 2.45) is 0 Å². The highest BCUT2D eigenvalue weighted by Gasteiger charge is 2.28. The molecule has 194 valence electrons. The van der Waals surface area contributed by atoms with E-state index in [9.17, 15) is 4.79 Å². The van der Waals surface area contributed by atoms with Gasteiger partial charge in [-0.05, 0) is 71.7 Å². The van der Waals surface area contributed by atoms with Gasteiger partial charge in [-0.15, -0.1) is 5.10 Å². The molecule has 8 nitrogen and oxygen atoms in total. The predicted octanol–water partition coefficient (Wildman–Crippen LogP) is 4.85. The fourth-order valence-electron chi connectivity index (χ4n) is 5.31. The van der Waals surface area contributed by atoms with E-state index in [0.717, 1.165) is 60.1 Å². The fourth-order valence-corrected chi connectivity index (χ4v) is 5.31. The number of ether oxygens (including phenoxy) is 1. The van der Waals surface area contributed by atoms with Crippen molar-refractivity contribution in [3.05, 3.63) is 87.0 Å². The van der Waals surface area contributed by atoms with Crippen LogP contribution in [0.4, 0.5) is 0 Å². The molecular formula is C29H36N6O2. The number of fused-ring (bicyclic) bond motifs is 1. The standard InChI is InChI=1S/C29H36N6O2/c1-4-9-26(28-31-32-33-35(28)19-25-12-8-15-37-25)34(17-22-10-6-5-7-11-22)18-24-16-23-14-13-20(2)21(3)27(23)30-29(24)36/h5-7,10-11,13-14,16,25-26H,4,8-9,12,15,17-19H2,1-3H3,(H,30,36). The van der Waals surface area contributed by atoms with Gasteiger partial charge in [0.15, 0.2) is 5.82 Å². The molecule has 2 aromatic heterocycles. The second-order valence-electron chi connectivity index (χ2n) is 10.1. The average molecular weight is 501 g/mol. The fraction of sp³-hybridized carbons (Fsp3) is 0.448. The van der Waals surface area contributed by atoms with E-state index in [1.807, 2.05) is 16.8 Å². The molecule has 1 saturated heterocycles. The maximum atomic E-state index is 13.3. The van der Waals surface area contributed by atoms with Gasteiger partial charge in [0.1, 0.15) is 0 Å². The number of aromatic nitrogens is 5. The van der Waals surface area contributed by atoms with E-state index in [2.05, 4.69) is 82.6 Å². The van der Waals surface area contributed by atoms with Crippen molar-refractivity contribution < 1.29 is 4.74 Å². The highest BCUT2D eigenvalue weighted by Crippen LogP contribution is 2.29. The Morgan fingerprint density at radius 1 is 1.16 bits per heavy atom. The van der Waals surface area contributed by atoms with Crippen LogP contribution < -0.4 is 5.56 Å². The Morgan fingerprint density at radius 3 is 2.76 bits per heavy atom. The Kier molecular flexibility index (Phi) is 7.76. The van der Waals surface area contributed by atoms with Crippen LogP contribution in [0.15, 0.2) is 53.3 Å². The number of nitrogens with one attached hydrogen (secondary N) is 1. The molecule has 37 heavy (non-hydrogen) atoms. The molecule has 5 rings (SSSR count). The molecule has 3 heterocycles. The van der Waals surface area contributed by atoms with Crippen molar-refractivity contribution in [2.75, 3.05) is 6.61 Å². The van der Waals surface area contributed by atoms with Gasteiger partial charge in [-0.1, -0.05) is 55.8 Å². The van der Waals surface area contributed by atoms with Crippen molar-refractivity contribution in [1.29, 1.82) is 0 Å². The first-order valence-corrected chi connectivity index (χ1v) is 13.3. The summed E-state index contributed by atoms with van der Waals surface area (Å²) >= 11 is 0. The van der Waals surface area contributed by atoms with Crippen LogP contribution in [-0.2, 0) is 24.4 Å². The van der Waals surface area contributed by atoms with E-state index in [1.54, 1.807) is 0 Å². The molecule has 1 aliphatic rings. The minimum atomic E-state index is -0.0477. The predicted molar refractivity (Wildman–Crippen MR) is 144 cm³/mol. The number of aryl methyl sites for hydroxylation is 2. The average Bonchev–Trinajstić information content (AvgIpc) is 3.59. The van der Waals surface area contributed by atoms with Gasteiger partial charge in [0.2, 0.25) is 0 Å². The summed E-state index contributed by atoms with van der Waals surface area (Å²) in [6.07, 6.45) is 4.08. The summed E-state index contributed by atoms with van der Waals surface area (Å²) in [4.78, 5) is 18.8. The maximum Gasteiger partial charge on any atom is 0.252 e. The van der Waals surface area contributed by atoms with Crippen LogP contribution in [-0.4, -0.2) is 42.8 Å². The zero-order valence-electron chi connectivity index (χ0n) is 22.0. The number of benzene rings is 2. The summed E-state index contributed by atoms with van der Waals surface area (Å²) in [5.74, 6) is 0.831. The van der Waals surface area contributed by atoms with Gasteiger partial charge in [-0.2, -0.15) is 0 Å². The second kappa shape index (κ2) is 11.4. The number of H-pyrrole nitrogens is 1. The molecule has 2 atom stereocenters. The highest BCUT2D eigenvalue weighted by atomic mass is 16.5. The number of tetrazole rings is 1. The largest absolute Gasteiger partial charge is 0.376 e. The third-order valence-corrected chi connectivity index (χ3v) is 7.49. The molecule has 0 amide bonds. The van der Waals surface area contributed by atoms with Crippen LogP contribution >= 0.6 is 0 Å². The number of rotatable bonds is 10. The van der Waals surface area contributed by atoms with E-state index < -0.39 is 0 Å². The number of pyridine rings is 1. The molecular weight excluding hydrogens is 464 g/mol. The summed E-state index contributed by atoms with van der Waals surface area (Å²) in [7, 11) is 0. The van der Waals surface area contributed by atoms with Crippen molar-refractivity contribution >= 4 is 10.9 Å². The van der Waals surface area contributed by atoms with Gasteiger partial charge in [0.05, 0.1) is 24.2 Å². The normalized spacial score (nSPS) is 16.6. The molecule has 0 radical (unpaired) electrons. The molecule has 1 aliphatic heterocycles. The first kappa shape index (κ1) is 25.3. The van der Waals surface area contributed by atoms with Crippen LogP contribution in [0.5, 0.6) is 0 Å². The van der Waals surface area contributed by atoms with Gasteiger partial charge in [0.25, 0.3) is 5.56 Å². The summed E-state index contributed by atoms with van der Waals surface area (Å²) < 4.78 is 7.78. The summed E-state index contributed by atoms with van der Waals surface area (Å²) in [5.41, 5.74) is 5.07. The first-order valence-electron chi connectivity index (χ1n) is 13.3. The smallest absolute Gasteiger partial charge is 0.252 e. The second-order valence-corrected chi connectivity index (χ2v) is 10.1. The third-order valence-electron chi connectivity index (χ3n) is 7.49. The summed E-state index contributed by atoms with van der Waals surface area (Å²) in [6, 6.07) is 16.6. The Hall–Kier alpha value is -3.36. The van der Waals surface area contributed by atoms with Crippen LogP contribution in [0.1, 0.15) is 66.7 Å². The Bertz CT molecular complexity index is 1390. The Balaban J connectivity index is 1.52. The van der Waals surface area contributed by atoms with E-state index in [4.69, 9.17) is 4.74 Å². The van der Waals surface area contributed by atoms with Gasteiger partial charge in [-0.3, -0.25) is 9.69 Å². The topological polar surface area (TPSA) is 88.9 Å². The molecule has 2 aromatic carbocycles. The highest BCUT2D eigenvalue weighted by molar-refractivity contribution is 5.83.